The van der Waals surface area contributed by atoms with Gasteiger partial charge in [-0.1, -0.05) is 11.6 Å². The number of likely N-dealkylation sites (N-methyl/N-ethyl adjacent to an activating group) is 1. The van der Waals surface area contributed by atoms with Crippen LogP contribution < -0.4 is 4.74 Å². The fourth-order valence-corrected chi connectivity index (χ4v) is 2.78. The monoisotopic (exact) mass is 280 g/mol. The number of fused-ring (bicyclic) bond motifs is 1. The average molecular weight is 281 g/mol. The minimum Gasteiger partial charge on any atom is -0.480 e. The molecule has 4 nitrogen and oxygen atoms in total. The largest absolute Gasteiger partial charge is 0.480 e. The second kappa shape index (κ2) is 5.02. The number of nitrogens with zero attached hydrogens (tertiary/aromatic N) is 2. The van der Waals surface area contributed by atoms with Crippen LogP contribution in [-0.4, -0.2) is 55.0 Å². The molecule has 0 saturated carbocycles. The molecule has 2 aliphatic rings. The van der Waals surface area contributed by atoms with E-state index >= 15 is 0 Å². The SMILES string of the molecule is CN1CCN(C(=O)[C@@H]2Cc3cc(Cl)ccc3O2)CC1. The molecule has 1 amide bonds. The number of hydrogen-bond donors (Lipinski definition) is 0. The van der Waals surface area contributed by atoms with Gasteiger partial charge in [0.15, 0.2) is 6.10 Å². The Bertz CT molecular complexity index is 498. The van der Waals surface area contributed by atoms with Crippen molar-refractivity contribution in [2.45, 2.75) is 12.5 Å². The van der Waals surface area contributed by atoms with Gasteiger partial charge in [0.05, 0.1) is 0 Å². The first-order valence-electron chi connectivity index (χ1n) is 6.56. The molecule has 1 aromatic carbocycles. The Morgan fingerprint density at radius 2 is 2.05 bits per heavy atom. The molecule has 0 spiro atoms. The summed E-state index contributed by atoms with van der Waals surface area (Å²) in [5.41, 5.74) is 1.03. The van der Waals surface area contributed by atoms with Crippen LogP contribution in [0.3, 0.4) is 0 Å². The van der Waals surface area contributed by atoms with Gasteiger partial charge in [0.25, 0.3) is 5.91 Å². The number of carbonyl (C=O) groups excluding carboxylic acids is 1. The van der Waals surface area contributed by atoms with Crippen molar-refractivity contribution in [3.63, 3.8) is 0 Å². The molecule has 0 aromatic heterocycles. The molecule has 0 N–H and O–H groups in total. The van der Waals surface area contributed by atoms with Crippen LogP contribution in [0.5, 0.6) is 5.75 Å². The van der Waals surface area contributed by atoms with Crippen LogP contribution in [0, 0.1) is 0 Å². The van der Waals surface area contributed by atoms with Gasteiger partial charge in [-0.15, -0.1) is 0 Å². The Morgan fingerprint density at radius 1 is 1.32 bits per heavy atom. The van der Waals surface area contributed by atoms with Crippen LogP contribution in [0.1, 0.15) is 5.56 Å². The maximum absolute atomic E-state index is 12.4. The lowest BCUT2D eigenvalue weighted by atomic mass is 10.1. The predicted molar refractivity (Wildman–Crippen MR) is 73.6 cm³/mol. The first kappa shape index (κ1) is 12.8. The highest BCUT2D eigenvalue weighted by atomic mass is 35.5. The van der Waals surface area contributed by atoms with Crippen LogP contribution in [-0.2, 0) is 11.2 Å². The minimum atomic E-state index is -0.378. The first-order valence-corrected chi connectivity index (χ1v) is 6.94. The number of halogens is 1. The highest BCUT2D eigenvalue weighted by Crippen LogP contribution is 2.31. The van der Waals surface area contributed by atoms with Gasteiger partial charge in [0, 0.05) is 37.6 Å². The number of amides is 1. The second-order valence-corrected chi connectivity index (χ2v) is 5.63. The maximum atomic E-state index is 12.4. The van der Waals surface area contributed by atoms with E-state index in [-0.39, 0.29) is 12.0 Å². The quantitative estimate of drug-likeness (QED) is 0.780. The molecule has 0 aliphatic carbocycles. The summed E-state index contributed by atoms with van der Waals surface area (Å²) in [6.07, 6.45) is 0.248. The zero-order valence-corrected chi connectivity index (χ0v) is 11.7. The fourth-order valence-electron chi connectivity index (χ4n) is 2.59. The van der Waals surface area contributed by atoms with E-state index in [2.05, 4.69) is 11.9 Å². The average Bonchev–Trinajstić information content (AvgIpc) is 2.81. The third kappa shape index (κ3) is 2.55. The summed E-state index contributed by atoms with van der Waals surface area (Å²) in [4.78, 5) is 16.5. The van der Waals surface area contributed by atoms with Gasteiger partial charge in [-0.05, 0) is 30.8 Å². The number of ether oxygens (including phenoxy) is 1. The van der Waals surface area contributed by atoms with Gasteiger partial charge >= 0.3 is 0 Å². The minimum absolute atomic E-state index is 0.0976. The molecule has 1 saturated heterocycles. The number of rotatable bonds is 1. The molecule has 1 aromatic rings. The Kier molecular flexibility index (Phi) is 3.37. The Labute approximate surface area is 117 Å². The molecule has 2 aliphatic heterocycles. The van der Waals surface area contributed by atoms with Gasteiger partial charge in [0.1, 0.15) is 5.75 Å². The molecule has 5 heteroatoms. The van der Waals surface area contributed by atoms with E-state index in [1.165, 1.54) is 0 Å². The predicted octanol–water partition coefficient (Wildman–Crippen LogP) is 1.42. The van der Waals surface area contributed by atoms with Crippen LogP contribution in [0.25, 0.3) is 0 Å². The molecule has 0 bridgehead atoms. The van der Waals surface area contributed by atoms with Crippen molar-refractivity contribution in [2.75, 3.05) is 33.2 Å². The van der Waals surface area contributed by atoms with E-state index in [1.807, 2.05) is 17.0 Å². The summed E-state index contributed by atoms with van der Waals surface area (Å²) in [5.74, 6) is 0.886. The number of carbonyl (C=O) groups is 1. The summed E-state index contributed by atoms with van der Waals surface area (Å²) in [7, 11) is 2.08. The van der Waals surface area contributed by atoms with Crippen LogP contribution in [0.4, 0.5) is 0 Å². The summed E-state index contributed by atoms with van der Waals surface area (Å²) >= 11 is 5.96. The van der Waals surface area contributed by atoms with Crippen molar-refractivity contribution in [1.29, 1.82) is 0 Å². The number of hydrogen-bond acceptors (Lipinski definition) is 3. The van der Waals surface area contributed by atoms with Crippen molar-refractivity contribution < 1.29 is 9.53 Å². The van der Waals surface area contributed by atoms with E-state index in [4.69, 9.17) is 16.3 Å². The highest BCUT2D eigenvalue weighted by Gasteiger charge is 2.33. The molecule has 0 radical (unpaired) electrons. The molecule has 1 atom stereocenters. The molecular weight excluding hydrogens is 264 g/mol. The van der Waals surface area contributed by atoms with Gasteiger partial charge in [-0.2, -0.15) is 0 Å². The van der Waals surface area contributed by atoms with Crippen molar-refractivity contribution in [1.82, 2.24) is 9.80 Å². The van der Waals surface area contributed by atoms with E-state index in [1.54, 1.807) is 6.07 Å². The van der Waals surface area contributed by atoms with E-state index < -0.39 is 0 Å². The lowest BCUT2D eigenvalue weighted by molar-refractivity contribution is -0.139. The topological polar surface area (TPSA) is 32.8 Å². The van der Waals surface area contributed by atoms with Gasteiger partial charge in [-0.3, -0.25) is 4.79 Å². The summed E-state index contributed by atoms with van der Waals surface area (Å²) in [6.45, 7) is 3.42. The van der Waals surface area contributed by atoms with E-state index in [0.29, 0.717) is 11.4 Å². The molecule has 19 heavy (non-hydrogen) atoms. The van der Waals surface area contributed by atoms with Crippen molar-refractivity contribution in [2.24, 2.45) is 0 Å². The fraction of sp³-hybridized carbons (Fsp3) is 0.500. The molecule has 1 fully saturated rings. The Morgan fingerprint density at radius 3 is 2.79 bits per heavy atom. The van der Waals surface area contributed by atoms with Crippen molar-refractivity contribution in [3.05, 3.63) is 28.8 Å². The summed E-state index contributed by atoms with van der Waals surface area (Å²) in [6, 6.07) is 5.52. The summed E-state index contributed by atoms with van der Waals surface area (Å²) in [5, 5.41) is 0.690. The zero-order valence-electron chi connectivity index (χ0n) is 10.9. The second-order valence-electron chi connectivity index (χ2n) is 5.19. The van der Waals surface area contributed by atoms with Crippen LogP contribution in [0.2, 0.25) is 5.02 Å². The molecular formula is C14H17ClN2O2. The van der Waals surface area contributed by atoms with Crippen LogP contribution in [0.15, 0.2) is 18.2 Å². The third-order valence-electron chi connectivity index (χ3n) is 3.79. The lowest BCUT2D eigenvalue weighted by Crippen LogP contribution is -2.51. The Hall–Kier alpha value is -1.26. The van der Waals surface area contributed by atoms with Crippen molar-refractivity contribution in [3.8, 4) is 5.75 Å². The third-order valence-corrected chi connectivity index (χ3v) is 4.02. The molecule has 102 valence electrons. The number of benzene rings is 1. The van der Waals surface area contributed by atoms with Gasteiger partial charge in [0.2, 0.25) is 0 Å². The summed E-state index contributed by atoms with van der Waals surface area (Å²) < 4.78 is 5.74. The van der Waals surface area contributed by atoms with Crippen molar-refractivity contribution >= 4 is 17.5 Å². The number of piperazine rings is 1. The molecule has 3 rings (SSSR count). The van der Waals surface area contributed by atoms with Gasteiger partial charge in [-0.25, -0.2) is 0 Å². The zero-order chi connectivity index (χ0) is 13.4. The smallest absolute Gasteiger partial charge is 0.264 e. The van der Waals surface area contributed by atoms with E-state index in [0.717, 1.165) is 37.5 Å². The van der Waals surface area contributed by atoms with Crippen LogP contribution >= 0.6 is 11.6 Å². The molecule has 0 unspecified atom stereocenters. The van der Waals surface area contributed by atoms with E-state index in [9.17, 15) is 4.79 Å². The standard InChI is InChI=1S/C14H17ClN2O2/c1-16-4-6-17(7-5-16)14(18)13-9-10-8-11(15)2-3-12(10)19-13/h2-3,8,13H,4-7,9H2,1H3/t13-/m0/s1. The maximum Gasteiger partial charge on any atom is 0.264 e. The molecule has 2 heterocycles. The first-order chi connectivity index (χ1) is 9.13. The highest BCUT2D eigenvalue weighted by molar-refractivity contribution is 6.30. The Balaban J connectivity index is 1.67. The van der Waals surface area contributed by atoms with Gasteiger partial charge < -0.3 is 14.5 Å². The normalized spacial score (nSPS) is 23.1. The lowest BCUT2D eigenvalue weighted by Gasteiger charge is -2.33.